The smallest absolute Gasteiger partial charge is 0.292 e. The lowest BCUT2D eigenvalue weighted by Gasteiger charge is -2.22. The number of methoxy groups -OCH3 is 1. The summed E-state index contributed by atoms with van der Waals surface area (Å²) in [5, 5.41) is 0.688. The van der Waals surface area contributed by atoms with Gasteiger partial charge in [0, 0.05) is 12.1 Å². The Hall–Kier alpha value is -1.99. The molecule has 0 unspecified atom stereocenters. The van der Waals surface area contributed by atoms with Gasteiger partial charge in [0.2, 0.25) is 0 Å². The predicted molar refractivity (Wildman–Crippen MR) is 106 cm³/mol. The topological polar surface area (TPSA) is 57.2 Å². The first-order valence-electron chi connectivity index (χ1n) is 8.92. The lowest BCUT2D eigenvalue weighted by atomic mass is 10.1. The highest BCUT2D eigenvalue weighted by molar-refractivity contribution is 6.44. The minimum atomic E-state index is -1.42. The van der Waals surface area contributed by atoms with Crippen LogP contribution in [0.1, 0.15) is 12.0 Å². The van der Waals surface area contributed by atoms with E-state index in [1.54, 1.807) is 24.1 Å². The Bertz CT molecular complexity index is 898. The van der Waals surface area contributed by atoms with Crippen LogP contribution in [0.25, 0.3) is 0 Å². The van der Waals surface area contributed by atoms with Crippen LogP contribution in [-0.2, 0) is 20.1 Å². The fourth-order valence-corrected chi connectivity index (χ4v) is 3.93. The number of para-hydroxylation sites is 2. The maximum absolute atomic E-state index is 13.1. The number of rotatable bonds is 6. The van der Waals surface area contributed by atoms with Gasteiger partial charge in [0.15, 0.2) is 11.5 Å². The summed E-state index contributed by atoms with van der Waals surface area (Å²) < 4.78 is 22.5. The van der Waals surface area contributed by atoms with Crippen LogP contribution in [-0.4, -0.2) is 39.4 Å². The molecule has 0 aromatic heterocycles. The number of halogens is 2. The number of carbonyl (C=O) groups excluding carboxylic acids is 1. The van der Waals surface area contributed by atoms with Crippen LogP contribution >= 0.6 is 23.2 Å². The SMILES string of the molecule is COc1ccccc1OCCCN1C(=O)C2(OCCO2)c2ccc(Cl)c(Cl)c21. The molecule has 0 radical (unpaired) electrons. The van der Waals surface area contributed by atoms with E-state index < -0.39 is 5.79 Å². The first-order chi connectivity index (χ1) is 13.6. The Morgan fingerprint density at radius 3 is 2.54 bits per heavy atom. The number of anilines is 1. The van der Waals surface area contributed by atoms with E-state index in [2.05, 4.69) is 0 Å². The second kappa shape index (κ2) is 7.79. The predicted octanol–water partition coefficient (Wildman–Crippen LogP) is 4.02. The molecule has 8 heteroatoms. The van der Waals surface area contributed by atoms with Crippen molar-refractivity contribution in [2.45, 2.75) is 12.2 Å². The molecule has 28 heavy (non-hydrogen) atoms. The molecular weight excluding hydrogens is 405 g/mol. The number of fused-ring (bicyclic) bond motifs is 2. The van der Waals surface area contributed by atoms with Crippen molar-refractivity contribution < 1.29 is 23.7 Å². The van der Waals surface area contributed by atoms with Crippen molar-refractivity contribution in [1.82, 2.24) is 0 Å². The van der Waals surface area contributed by atoms with Gasteiger partial charge < -0.3 is 23.8 Å². The number of benzene rings is 2. The number of nitrogens with zero attached hydrogens (tertiary/aromatic N) is 1. The Morgan fingerprint density at radius 1 is 1.11 bits per heavy atom. The van der Waals surface area contributed by atoms with Gasteiger partial charge >= 0.3 is 0 Å². The Kier molecular flexibility index (Phi) is 5.38. The highest BCUT2D eigenvalue weighted by Crippen LogP contribution is 2.50. The number of hydrogen-bond donors (Lipinski definition) is 0. The van der Waals surface area contributed by atoms with Gasteiger partial charge in [0.1, 0.15) is 0 Å². The molecule has 1 spiro atoms. The second-order valence-corrected chi connectivity index (χ2v) is 7.17. The molecule has 2 heterocycles. The minimum Gasteiger partial charge on any atom is -0.493 e. The molecule has 4 rings (SSSR count). The monoisotopic (exact) mass is 423 g/mol. The van der Waals surface area contributed by atoms with Crippen LogP contribution < -0.4 is 14.4 Å². The molecule has 0 N–H and O–H groups in total. The van der Waals surface area contributed by atoms with Crippen LogP contribution in [0, 0.1) is 0 Å². The van der Waals surface area contributed by atoms with Crippen molar-refractivity contribution >= 4 is 34.8 Å². The quantitative estimate of drug-likeness (QED) is 0.656. The second-order valence-electron chi connectivity index (χ2n) is 6.38. The molecule has 6 nitrogen and oxygen atoms in total. The Morgan fingerprint density at radius 2 is 1.82 bits per heavy atom. The summed E-state index contributed by atoms with van der Waals surface area (Å²) >= 11 is 12.6. The van der Waals surface area contributed by atoms with Crippen molar-refractivity contribution in [3.8, 4) is 11.5 Å². The van der Waals surface area contributed by atoms with Gasteiger partial charge in [-0.15, -0.1) is 0 Å². The summed E-state index contributed by atoms with van der Waals surface area (Å²) in [4.78, 5) is 14.7. The molecule has 1 saturated heterocycles. The van der Waals surface area contributed by atoms with Crippen molar-refractivity contribution in [1.29, 1.82) is 0 Å². The van der Waals surface area contributed by atoms with Crippen molar-refractivity contribution in [3.05, 3.63) is 52.0 Å². The van der Waals surface area contributed by atoms with Gasteiger partial charge in [-0.05, 0) is 30.7 Å². The van der Waals surface area contributed by atoms with Gasteiger partial charge in [-0.3, -0.25) is 4.79 Å². The van der Waals surface area contributed by atoms with Crippen LogP contribution in [0.4, 0.5) is 5.69 Å². The maximum atomic E-state index is 13.1. The Balaban J connectivity index is 1.51. The third-order valence-corrected chi connectivity index (χ3v) is 5.56. The van der Waals surface area contributed by atoms with Gasteiger partial charge in [-0.25, -0.2) is 0 Å². The van der Waals surface area contributed by atoms with Crippen LogP contribution in [0.15, 0.2) is 36.4 Å². The van der Waals surface area contributed by atoms with E-state index in [0.717, 1.165) is 0 Å². The van der Waals surface area contributed by atoms with Gasteiger partial charge in [0.25, 0.3) is 11.7 Å². The molecule has 0 saturated carbocycles. The van der Waals surface area contributed by atoms with E-state index in [0.29, 0.717) is 65.6 Å². The number of ether oxygens (including phenoxy) is 4. The lowest BCUT2D eigenvalue weighted by Crippen LogP contribution is -2.41. The summed E-state index contributed by atoms with van der Waals surface area (Å²) in [6.45, 7) is 1.47. The van der Waals surface area contributed by atoms with Gasteiger partial charge in [-0.2, -0.15) is 0 Å². The first-order valence-corrected chi connectivity index (χ1v) is 9.68. The summed E-state index contributed by atoms with van der Waals surface area (Å²) in [7, 11) is 1.59. The summed E-state index contributed by atoms with van der Waals surface area (Å²) in [5.41, 5.74) is 1.13. The molecule has 2 aliphatic heterocycles. The average Bonchev–Trinajstić information content (AvgIpc) is 3.29. The van der Waals surface area contributed by atoms with E-state index in [-0.39, 0.29) is 5.91 Å². The van der Waals surface area contributed by atoms with Crippen LogP contribution in [0.5, 0.6) is 11.5 Å². The fraction of sp³-hybridized carbons (Fsp3) is 0.350. The van der Waals surface area contributed by atoms with E-state index in [1.165, 1.54) is 0 Å². The highest BCUT2D eigenvalue weighted by Gasteiger charge is 2.56. The molecule has 2 aromatic rings. The molecule has 0 bridgehead atoms. The van der Waals surface area contributed by atoms with E-state index in [4.69, 9.17) is 42.1 Å². The molecule has 2 aliphatic rings. The molecule has 1 fully saturated rings. The van der Waals surface area contributed by atoms with E-state index in [9.17, 15) is 4.79 Å². The minimum absolute atomic E-state index is 0.290. The fourth-order valence-electron chi connectivity index (χ4n) is 3.51. The third-order valence-electron chi connectivity index (χ3n) is 4.77. The zero-order valence-corrected chi connectivity index (χ0v) is 16.8. The van der Waals surface area contributed by atoms with Crippen LogP contribution in [0.2, 0.25) is 10.0 Å². The Labute approximate surface area is 172 Å². The summed E-state index contributed by atoms with van der Waals surface area (Å²) in [5.74, 6) is -0.404. The van der Waals surface area contributed by atoms with E-state index in [1.807, 2.05) is 24.3 Å². The zero-order chi connectivity index (χ0) is 19.7. The highest BCUT2D eigenvalue weighted by atomic mass is 35.5. The number of carbonyl (C=O) groups is 1. The van der Waals surface area contributed by atoms with Crippen LogP contribution in [0.3, 0.4) is 0 Å². The van der Waals surface area contributed by atoms with E-state index >= 15 is 0 Å². The number of hydrogen-bond acceptors (Lipinski definition) is 5. The number of amides is 1. The lowest BCUT2D eigenvalue weighted by molar-refractivity contribution is -0.180. The zero-order valence-electron chi connectivity index (χ0n) is 15.2. The van der Waals surface area contributed by atoms with Gasteiger partial charge in [-0.1, -0.05) is 35.3 Å². The molecular formula is C20H19Cl2NO5. The molecule has 2 aromatic carbocycles. The normalized spacial score (nSPS) is 17.2. The molecule has 0 atom stereocenters. The largest absolute Gasteiger partial charge is 0.493 e. The first kappa shape index (κ1) is 19.3. The van der Waals surface area contributed by atoms with Crippen molar-refractivity contribution in [2.75, 3.05) is 38.4 Å². The maximum Gasteiger partial charge on any atom is 0.292 e. The summed E-state index contributed by atoms with van der Waals surface area (Å²) in [6.07, 6.45) is 0.572. The molecule has 0 aliphatic carbocycles. The molecule has 148 valence electrons. The summed E-state index contributed by atoms with van der Waals surface area (Å²) in [6, 6.07) is 10.8. The van der Waals surface area contributed by atoms with Crippen molar-refractivity contribution in [3.63, 3.8) is 0 Å². The standard InChI is InChI=1S/C20H19Cl2NO5/c1-25-15-5-2-3-6-16(15)26-10-4-9-23-18-13(7-8-14(21)17(18)22)20(19(23)24)27-11-12-28-20/h2-3,5-8H,4,9-12H2,1H3. The van der Waals surface area contributed by atoms with Gasteiger partial charge in [0.05, 0.1) is 42.7 Å². The molecule has 1 amide bonds. The third kappa shape index (κ3) is 3.10. The average molecular weight is 424 g/mol. The van der Waals surface area contributed by atoms with Crippen molar-refractivity contribution in [2.24, 2.45) is 0 Å².